The zero-order valence-electron chi connectivity index (χ0n) is 17.1. The van der Waals surface area contributed by atoms with Crippen LogP contribution in [0.2, 0.25) is 0 Å². The number of aliphatic imine (C=N–C) groups is 1. The van der Waals surface area contributed by atoms with Gasteiger partial charge in [0.1, 0.15) is 6.17 Å². The molecule has 1 aliphatic carbocycles. The molecule has 31 heavy (non-hydrogen) atoms. The van der Waals surface area contributed by atoms with E-state index in [0.29, 0.717) is 23.1 Å². The Hall–Kier alpha value is -1.91. The maximum atomic E-state index is 13.3. The summed E-state index contributed by atoms with van der Waals surface area (Å²) in [7, 11) is 1.65. The lowest BCUT2D eigenvalue weighted by Crippen LogP contribution is -2.48. The lowest BCUT2D eigenvalue weighted by atomic mass is 9.96. The van der Waals surface area contributed by atoms with Crippen molar-refractivity contribution in [1.29, 1.82) is 0 Å². The first-order chi connectivity index (χ1) is 14.4. The van der Waals surface area contributed by atoms with E-state index in [4.69, 9.17) is 4.99 Å². The number of benzene rings is 1. The minimum atomic E-state index is -4.98. The highest BCUT2D eigenvalue weighted by Gasteiger charge is 2.40. The van der Waals surface area contributed by atoms with Gasteiger partial charge in [-0.1, -0.05) is 31.0 Å². The van der Waals surface area contributed by atoms with Crippen LogP contribution in [-0.4, -0.2) is 41.0 Å². The van der Waals surface area contributed by atoms with Crippen molar-refractivity contribution in [2.75, 3.05) is 17.7 Å². The summed E-state index contributed by atoms with van der Waals surface area (Å²) < 4.78 is 79.6. The molecule has 4 nitrogen and oxygen atoms in total. The van der Waals surface area contributed by atoms with E-state index in [1.54, 1.807) is 11.9 Å². The molecule has 1 aromatic rings. The standard InChI is InChI=1S/C20H23F6N3OS/c1-12(30)29(16-9-13(19(21,22)23)8-14(10-16)20(24,25)26)17-11-31-18(28(17)2)27-15-6-4-3-5-7-15/h8-10,15,17H,3-7,11H2,1-2H3. The van der Waals surface area contributed by atoms with Gasteiger partial charge in [-0.3, -0.25) is 14.7 Å². The molecule has 2 aliphatic rings. The van der Waals surface area contributed by atoms with Gasteiger partial charge in [0.05, 0.1) is 17.2 Å². The van der Waals surface area contributed by atoms with Gasteiger partial charge in [0.2, 0.25) is 5.91 Å². The monoisotopic (exact) mass is 467 g/mol. The van der Waals surface area contributed by atoms with Gasteiger partial charge in [0.25, 0.3) is 0 Å². The van der Waals surface area contributed by atoms with Crippen molar-refractivity contribution in [2.45, 2.75) is 63.6 Å². The summed E-state index contributed by atoms with van der Waals surface area (Å²) >= 11 is 1.35. The number of hydrogen-bond acceptors (Lipinski definition) is 3. The van der Waals surface area contributed by atoms with Crippen LogP contribution in [0.5, 0.6) is 0 Å². The van der Waals surface area contributed by atoms with Crippen LogP contribution in [0.25, 0.3) is 0 Å². The Balaban J connectivity index is 1.97. The van der Waals surface area contributed by atoms with Crippen LogP contribution < -0.4 is 4.90 Å². The quantitative estimate of drug-likeness (QED) is 0.530. The largest absolute Gasteiger partial charge is 0.416 e. The Bertz CT molecular complexity index is 816. The van der Waals surface area contributed by atoms with Crippen LogP contribution >= 0.6 is 11.8 Å². The maximum Gasteiger partial charge on any atom is 0.416 e. The van der Waals surface area contributed by atoms with E-state index in [9.17, 15) is 31.1 Å². The van der Waals surface area contributed by atoms with Crippen LogP contribution in [-0.2, 0) is 17.1 Å². The first kappa shape index (κ1) is 23.7. The summed E-state index contributed by atoms with van der Waals surface area (Å²) in [5, 5.41) is 0.645. The fourth-order valence-electron chi connectivity index (χ4n) is 3.87. The Morgan fingerprint density at radius 2 is 1.58 bits per heavy atom. The Kier molecular flexibility index (Phi) is 6.83. The number of hydrogen-bond donors (Lipinski definition) is 0. The predicted molar refractivity (Wildman–Crippen MR) is 108 cm³/mol. The SMILES string of the molecule is CC(=O)N(c1cc(C(F)(F)F)cc(C(F)(F)F)c1)C1CSC(=NC2CCCCC2)N1C. The first-order valence-electron chi connectivity index (χ1n) is 9.90. The van der Waals surface area contributed by atoms with E-state index in [1.807, 2.05) is 0 Å². The van der Waals surface area contributed by atoms with Crippen molar-refractivity contribution in [3.63, 3.8) is 0 Å². The number of carbonyl (C=O) groups excluding carboxylic acids is 1. The van der Waals surface area contributed by atoms with E-state index >= 15 is 0 Å². The van der Waals surface area contributed by atoms with E-state index in [0.717, 1.165) is 43.9 Å². The molecule has 1 atom stereocenters. The van der Waals surface area contributed by atoms with Gasteiger partial charge in [-0.05, 0) is 31.0 Å². The number of thioether (sulfide) groups is 1. The zero-order valence-corrected chi connectivity index (χ0v) is 17.9. The van der Waals surface area contributed by atoms with Gasteiger partial charge in [0, 0.05) is 25.4 Å². The average Bonchev–Trinajstić information content (AvgIpc) is 3.01. The Morgan fingerprint density at radius 3 is 2.06 bits per heavy atom. The molecule has 1 heterocycles. The summed E-state index contributed by atoms with van der Waals surface area (Å²) in [5.74, 6) is -0.358. The lowest BCUT2D eigenvalue weighted by Gasteiger charge is -2.33. The summed E-state index contributed by atoms with van der Waals surface area (Å²) in [5.41, 5.74) is -3.34. The molecule has 0 radical (unpaired) electrons. The fraction of sp³-hybridized carbons (Fsp3) is 0.600. The third-order valence-corrected chi connectivity index (χ3v) is 6.58. The Labute approximate surface area is 180 Å². The number of carbonyl (C=O) groups is 1. The molecule has 11 heteroatoms. The molecule has 0 spiro atoms. The molecule has 172 valence electrons. The number of amides is 1. The first-order valence-corrected chi connectivity index (χ1v) is 10.9. The second kappa shape index (κ2) is 8.91. The molecular weight excluding hydrogens is 444 g/mol. The van der Waals surface area contributed by atoms with E-state index in [-0.39, 0.29) is 12.1 Å². The van der Waals surface area contributed by atoms with Gasteiger partial charge in [-0.25, -0.2) is 0 Å². The number of nitrogens with zero attached hydrogens (tertiary/aromatic N) is 3. The van der Waals surface area contributed by atoms with Gasteiger partial charge in [-0.15, -0.1) is 0 Å². The topological polar surface area (TPSA) is 35.9 Å². The molecule has 0 bridgehead atoms. The van der Waals surface area contributed by atoms with Crippen molar-refractivity contribution in [3.8, 4) is 0 Å². The molecule has 0 aromatic heterocycles. The highest BCUT2D eigenvalue weighted by atomic mass is 32.2. The molecule has 1 saturated carbocycles. The molecule has 1 unspecified atom stereocenters. The smallest absolute Gasteiger partial charge is 0.333 e. The average molecular weight is 467 g/mol. The zero-order chi connectivity index (χ0) is 23.0. The van der Waals surface area contributed by atoms with Crippen LogP contribution in [0.3, 0.4) is 0 Å². The molecule has 1 aliphatic heterocycles. The van der Waals surface area contributed by atoms with Gasteiger partial charge in [0.15, 0.2) is 5.17 Å². The minimum absolute atomic E-state index is 0.0604. The summed E-state index contributed by atoms with van der Waals surface area (Å²) in [6.45, 7) is 1.13. The van der Waals surface area contributed by atoms with Crippen molar-refractivity contribution in [3.05, 3.63) is 29.3 Å². The normalized spacial score (nSPS) is 22.3. The highest BCUT2D eigenvalue weighted by molar-refractivity contribution is 8.14. The molecule has 2 fully saturated rings. The molecular formula is C20H23F6N3OS. The molecule has 1 saturated heterocycles. The van der Waals surface area contributed by atoms with Crippen molar-refractivity contribution < 1.29 is 31.1 Å². The summed E-state index contributed by atoms with van der Waals surface area (Å²) in [6, 6.07) is 1.38. The van der Waals surface area contributed by atoms with Gasteiger partial charge >= 0.3 is 12.4 Å². The van der Waals surface area contributed by atoms with E-state index in [1.165, 1.54) is 11.8 Å². The maximum absolute atomic E-state index is 13.3. The van der Waals surface area contributed by atoms with Gasteiger partial charge in [-0.2, -0.15) is 26.3 Å². The third kappa shape index (κ3) is 5.48. The number of alkyl halides is 6. The van der Waals surface area contributed by atoms with Crippen molar-refractivity contribution >= 4 is 28.5 Å². The third-order valence-electron chi connectivity index (χ3n) is 5.47. The molecule has 1 amide bonds. The van der Waals surface area contributed by atoms with Crippen molar-refractivity contribution in [1.82, 2.24) is 4.90 Å². The fourth-order valence-corrected chi connectivity index (χ4v) is 5.09. The summed E-state index contributed by atoms with van der Waals surface area (Å²) in [6.07, 6.45) is -5.52. The number of rotatable bonds is 3. The lowest BCUT2D eigenvalue weighted by molar-refractivity contribution is -0.143. The molecule has 3 rings (SSSR count). The van der Waals surface area contributed by atoms with Gasteiger partial charge < -0.3 is 4.90 Å². The van der Waals surface area contributed by atoms with Crippen LogP contribution in [0.4, 0.5) is 32.0 Å². The number of halogens is 6. The second-order valence-corrected chi connectivity index (χ2v) is 8.75. The summed E-state index contributed by atoms with van der Waals surface area (Å²) in [4.78, 5) is 19.8. The van der Waals surface area contributed by atoms with E-state index in [2.05, 4.69) is 0 Å². The molecule has 1 aromatic carbocycles. The Morgan fingerprint density at radius 1 is 1.03 bits per heavy atom. The van der Waals surface area contributed by atoms with Crippen LogP contribution in [0, 0.1) is 0 Å². The number of amidine groups is 1. The minimum Gasteiger partial charge on any atom is -0.333 e. The number of anilines is 1. The van der Waals surface area contributed by atoms with Crippen LogP contribution in [0.15, 0.2) is 23.2 Å². The van der Waals surface area contributed by atoms with Crippen molar-refractivity contribution in [2.24, 2.45) is 4.99 Å². The molecule has 0 N–H and O–H groups in total. The van der Waals surface area contributed by atoms with Crippen LogP contribution in [0.1, 0.15) is 50.2 Å². The second-order valence-electron chi connectivity index (χ2n) is 7.76. The highest BCUT2D eigenvalue weighted by Crippen LogP contribution is 2.40. The van der Waals surface area contributed by atoms with E-state index < -0.39 is 41.2 Å². The predicted octanol–water partition coefficient (Wildman–Crippen LogP) is 5.77.